The number of hydrogen-bond acceptors (Lipinski definition) is 5. The molecule has 2 saturated heterocycles. The third kappa shape index (κ3) is 4.17. The van der Waals surface area contributed by atoms with Crippen LogP contribution in [0.1, 0.15) is 38.0 Å². The Labute approximate surface area is 189 Å². The number of ether oxygens (including phenoxy) is 1. The third-order valence-electron chi connectivity index (χ3n) is 6.50. The van der Waals surface area contributed by atoms with Crippen molar-refractivity contribution in [2.24, 2.45) is 0 Å². The molecule has 2 aliphatic heterocycles. The first-order valence-corrected chi connectivity index (χ1v) is 11.2. The first-order valence-electron chi connectivity index (χ1n) is 11.2. The molecule has 0 radical (unpaired) electrons. The monoisotopic (exact) mass is 437 g/mol. The summed E-state index contributed by atoms with van der Waals surface area (Å²) in [6.07, 6.45) is 5.01. The Morgan fingerprint density at radius 2 is 1.97 bits per heavy atom. The highest BCUT2D eigenvalue weighted by Gasteiger charge is 2.57. The van der Waals surface area contributed by atoms with Gasteiger partial charge in [0.2, 0.25) is 0 Å². The molecule has 7 nitrogen and oxygen atoms in total. The van der Waals surface area contributed by atoms with Crippen LogP contribution in [-0.4, -0.2) is 65.5 Å². The maximum atomic E-state index is 13.6. The molecule has 3 heterocycles. The number of hydrogen-bond donors (Lipinski definition) is 0. The van der Waals surface area contributed by atoms with Crippen LogP contribution in [0, 0.1) is 0 Å². The number of carbonyl (C=O) groups excluding carboxylic acids is 2. The van der Waals surface area contributed by atoms with Crippen molar-refractivity contribution in [2.45, 2.75) is 38.8 Å². The number of rotatable bonds is 7. The van der Waals surface area contributed by atoms with Crippen molar-refractivity contribution in [3.63, 3.8) is 0 Å². The zero-order valence-corrected chi connectivity index (χ0v) is 19.0. The number of likely N-dealkylation sites (tertiary alicyclic amines) is 1. The maximum Gasteiger partial charge on any atom is 0.327 e. The van der Waals surface area contributed by atoms with Gasteiger partial charge in [-0.25, -0.2) is 4.79 Å². The van der Waals surface area contributed by atoms with Crippen molar-refractivity contribution >= 4 is 18.0 Å². The summed E-state index contributed by atoms with van der Waals surface area (Å²) in [5, 5.41) is 0. The van der Waals surface area contributed by atoms with E-state index >= 15 is 0 Å². The van der Waals surface area contributed by atoms with Crippen molar-refractivity contribution in [3.8, 4) is 5.75 Å². The fraction of sp³-hybridized carbons (Fsp3) is 0.440. The number of imide groups is 1. The number of likely N-dealkylation sites (N-methyl/N-ethyl adjacent to an activating group) is 1. The van der Waals surface area contributed by atoms with Crippen LogP contribution in [0.25, 0.3) is 6.08 Å². The lowest BCUT2D eigenvalue weighted by molar-refractivity contribution is -0.135. The van der Waals surface area contributed by atoms with Crippen LogP contribution in [0.4, 0.5) is 4.79 Å². The molecule has 0 unspecified atom stereocenters. The molecule has 2 fully saturated rings. The maximum absolute atomic E-state index is 13.6. The second kappa shape index (κ2) is 9.20. The van der Waals surface area contributed by atoms with Gasteiger partial charge in [-0.05, 0) is 62.6 Å². The zero-order valence-electron chi connectivity index (χ0n) is 19.0. The molecular formula is C25H31N3O4. The Morgan fingerprint density at radius 1 is 1.19 bits per heavy atom. The Bertz CT molecular complexity index is 990. The molecule has 0 N–H and O–H groups in total. The predicted molar refractivity (Wildman–Crippen MR) is 122 cm³/mol. The minimum Gasteiger partial charge on any atom is -0.497 e. The van der Waals surface area contributed by atoms with E-state index in [9.17, 15) is 9.59 Å². The molecule has 0 atom stereocenters. The highest BCUT2D eigenvalue weighted by Crippen LogP contribution is 2.38. The van der Waals surface area contributed by atoms with Crippen LogP contribution in [0.5, 0.6) is 5.75 Å². The Hall–Kier alpha value is -3.06. The lowest BCUT2D eigenvalue weighted by atomic mass is 9.85. The van der Waals surface area contributed by atoms with Crippen LogP contribution in [0.2, 0.25) is 0 Å². The van der Waals surface area contributed by atoms with E-state index in [0.717, 1.165) is 36.7 Å². The summed E-state index contributed by atoms with van der Waals surface area (Å²) in [6.45, 7) is 7.19. The quantitative estimate of drug-likeness (QED) is 0.613. The molecule has 2 aliphatic rings. The average Bonchev–Trinajstić information content (AvgIpc) is 3.37. The van der Waals surface area contributed by atoms with Gasteiger partial charge in [-0.3, -0.25) is 14.6 Å². The summed E-state index contributed by atoms with van der Waals surface area (Å²) >= 11 is 0. The number of methoxy groups -OCH3 is 1. The molecule has 4 rings (SSSR count). The minimum absolute atomic E-state index is 0.0744. The fourth-order valence-electron chi connectivity index (χ4n) is 4.89. The van der Waals surface area contributed by atoms with E-state index < -0.39 is 5.54 Å². The van der Waals surface area contributed by atoms with E-state index in [1.54, 1.807) is 18.3 Å². The highest BCUT2D eigenvalue weighted by molar-refractivity contribution is 6.07. The molecule has 170 valence electrons. The summed E-state index contributed by atoms with van der Waals surface area (Å²) in [6, 6.07) is 11.2. The summed E-state index contributed by atoms with van der Waals surface area (Å²) in [5.41, 5.74) is 1.35. The highest BCUT2D eigenvalue weighted by atomic mass is 16.5. The van der Waals surface area contributed by atoms with Crippen LogP contribution >= 0.6 is 0 Å². The normalized spacial score (nSPS) is 19.3. The smallest absolute Gasteiger partial charge is 0.327 e. The van der Waals surface area contributed by atoms with Gasteiger partial charge in [0.1, 0.15) is 17.0 Å². The van der Waals surface area contributed by atoms with Crippen molar-refractivity contribution in [1.82, 2.24) is 14.7 Å². The number of piperidine rings is 1. The molecule has 0 aliphatic carbocycles. The van der Waals surface area contributed by atoms with Gasteiger partial charge >= 0.3 is 6.03 Å². The Morgan fingerprint density at radius 3 is 2.62 bits per heavy atom. The number of benzene rings is 1. The van der Waals surface area contributed by atoms with E-state index in [-0.39, 0.29) is 18.5 Å². The van der Waals surface area contributed by atoms with E-state index in [1.165, 1.54) is 10.5 Å². The second-order valence-corrected chi connectivity index (χ2v) is 8.58. The first-order chi connectivity index (χ1) is 15.5. The summed E-state index contributed by atoms with van der Waals surface area (Å²) in [7, 11) is 1.61. The SMILES string of the molecule is CCN1C(=O)N(Cc2cccc(OC)c2)C(=O)C12CCN(CC(C)=Cc1ccco1)CC2. The lowest BCUT2D eigenvalue weighted by Gasteiger charge is -2.42. The number of amides is 3. The topological polar surface area (TPSA) is 66.2 Å². The van der Waals surface area contributed by atoms with Crippen molar-refractivity contribution in [1.29, 1.82) is 0 Å². The summed E-state index contributed by atoms with van der Waals surface area (Å²) in [5.74, 6) is 1.49. The van der Waals surface area contributed by atoms with Gasteiger partial charge in [-0.1, -0.05) is 17.7 Å². The standard InChI is InChI=1S/C25H31N3O4/c1-4-28-24(30)27(18-20-7-5-8-21(16-20)31-3)23(29)25(28)10-12-26(13-11-25)17-19(2)15-22-9-6-14-32-22/h5-9,14-16H,4,10-13,17-18H2,1-3H3. The van der Waals surface area contributed by atoms with Gasteiger partial charge in [-0.15, -0.1) is 0 Å². The first kappa shape index (κ1) is 22.1. The molecule has 7 heteroatoms. The van der Waals surface area contributed by atoms with Gasteiger partial charge in [0, 0.05) is 26.2 Å². The second-order valence-electron chi connectivity index (χ2n) is 8.58. The largest absolute Gasteiger partial charge is 0.497 e. The Balaban J connectivity index is 1.45. The lowest BCUT2D eigenvalue weighted by Crippen LogP contribution is -2.56. The van der Waals surface area contributed by atoms with Gasteiger partial charge in [0.25, 0.3) is 5.91 Å². The fourth-order valence-corrected chi connectivity index (χ4v) is 4.89. The summed E-state index contributed by atoms with van der Waals surface area (Å²) < 4.78 is 10.7. The van der Waals surface area contributed by atoms with Gasteiger partial charge in [0.05, 0.1) is 19.9 Å². The van der Waals surface area contributed by atoms with Crippen LogP contribution in [0.15, 0.2) is 52.7 Å². The molecule has 2 aromatic rings. The average molecular weight is 438 g/mol. The molecule has 1 aromatic heterocycles. The number of furan rings is 1. The number of urea groups is 1. The Kier molecular flexibility index (Phi) is 6.37. The van der Waals surface area contributed by atoms with Gasteiger partial charge < -0.3 is 14.1 Å². The van der Waals surface area contributed by atoms with Gasteiger partial charge in [0.15, 0.2) is 0 Å². The van der Waals surface area contributed by atoms with E-state index in [1.807, 2.05) is 49.4 Å². The van der Waals surface area contributed by atoms with E-state index in [4.69, 9.17) is 9.15 Å². The minimum atomic E-state index is -0.736. The van der Waals surface area contributed by atoms with Crippen LogP contribution in [0.3, 0.4) is 0 Å². The number of carbonyl (C=O) groups is 2. The molecular weight excluding hydrogens is 406 g/mol. The zero-order chi connectivity index (χ0) is 22.7. The van der Waals surface area contributed by atoms with Crippen molar-refractivity contribution in [3.05, 3.63) is 59.6 Å². The molecule has 0 bridgehead atoms. The molecule has 32 heavy (non-hydrogen) atoms. The van der Waals surface area contributed by atoms with Crippen molar-refractivity contribution < 1.29 is 18.7 Å². The molecule has 1 spiro atoms. The van der Waals surface area contributed by atoms with E-state index in [0.29, 0.717) is 19.4 Å². The summed E-state index contributed by atoms with van der Waals surface area (Å²) in [4.78, 5) is 32.3. The molecule has 0 saturated carbocycles. The van der Waals surface area contributed by atoms with Crippen LogP contribution < -0.4 is 4.74 Å². The molecule has 1 aromatic carbocycles. The van der Waals surface area contributed by atoms with Crippen LogP contribution in [-0.2, 0) is 11.3 Å². The van der Waals surface area contributed by atoms with Crippen molar-refractivity contribution in [2.75, 3.05) is 33.3 Å². The molecule has 3 amide bonds. The number of nitrogens with zero attached hydrogens (tertiary/aromatic N) is 3. The van der Waals surface area contributed by atoms with Gasteiger partial charge in [-0.2, -0.15) is 0 Å². The third-order valence-corrected chi connectivity index (χ3v) is 6.50. The predicted octanol–water partition coefficient (Wildman–Crippen LogP) is 4.01. The van der Waals surface area contributed by atoms with E-state index in [2.05, 4.69) is 11.8 Å².